The van der Waals surface area contributed by atoms with Gasteiger partial charge in [-0.15, -0.1) is 11.3 Å². The lowest BCUT2D eigenvalue weighted by Gasteiger charge is -2.13. The first kappa shape index (κ1) is 13.4. The summed E-state index contributed by atoms with van der Waals surface area (Å²) in [6.07, 6.45) is 0. The van der Waals surface area contributed by atoms with Crippen LogP contribution >= 0.6 is 11.3 Å². The van der Waals surface area contributed by atoms with Crippen LogP contribution < -0.4 is 5.73 Å². The van der Waals surface area contributed by atoms with Crippen LogP contribution in [0.1, 0.15) is 27.1 Å². The van der Waals surface area contributed by atoms with Crippen LogP contribution in [0.5, 0.6) is 0 Å². The van der Waals surface area contributed by atoms with Gasteiger partial charge in [0.25, 0.3) is 0 Å². The number of hydrogen-bond donors (Lipinski definition) is 1. The van der Waals surface area contributed by atoms with Crippen molar-refractivity contribution in [3.8, 4) is 6.07 Å². The summed E-state index contributed by atoms with van der Waals surface area (Å²) in [6, 6.07) is 10.3. The molecule has 0 unspecified atom stereocenters. The van der Waals surface area contributed by atoms with Crippen molar-refractivity contribution < 1.29 is 0 Å². The molecule has 3 heteroatoms. The third-order valence-electron chi connectivity index (χ3n) is 3.10. The standard InChI is InChI=1S/C16H16N2S/c1-10-7-11(2)15(12(3)8-10)16(18)13(9-17)14-5-4-6-19-14/h4-8H,18H2,1-3H3/b16-13+. The highest BCUT2D eigenvalue weighted by molar-refractivity contribution is 7.11. The minimum Gasteiger partial charge on any atom is -0.397 e. The zero-order chi connectivity index (χ0) is 14.0. The summed E-state index contributed by atoms with van der Waals surface area (Å²) >= 11 is 1.53. The van der Waals surface area contributed by atoms with Crippen LogP contribution in [0.3, 0.4) is 0 Å². The van der Waals surface area contributed by atoms with E-state index in [1.807, 2.05) is 31.4 Å². The van der Waals surface area contributed by atoms with Crippen molar-refractivity contribution in [2.75, 3.05) is 0 Å². The van der Waals surface area contributed by atoms with E-state index < -0.39 is 0 Å². The summed E-state index contributed by atoms with van der Waals surface area (Å²) in [7, 11) is 0. The maximum absolute atomic E-state index is 9.38. The van der Waals surface area contributed by atoms with Gasteiger partial charge in [-0.05, 0) is 43.3 Å². The summed E-state index contributed by atoms with van der Waals surface area (Å²) in [5.74, 6) is 0. The topological polar surface area (TPSA) is 49.8 Å². The molecule has 0 spiro atoms. The first-order valence-electron chi connectivity index (χ1n) is 6.06. The Morgan fingerprint density at radius 1 is 1.21 bits per heavy atom. The monoisotopic (exact) mass is 268 g/mol. The molecule has 0 saturated heterocycles. The molecule has 0 radical (unpaired) electrons. The molecule has 1 aromatic carbocycles. The second-order valence-electron chi connectivity index (χ2n) is 4.65. The van der Waals surface area contributed by atoms with Crippen molar-refractivity contribution in [3.63, 3.8) is 0 Å². The molecule has 2 N–H and O–H groups in total. The van der Waals surface area contributed by atoms with Crippen molar-refractivity contribution in [3.05, 3.63) is 56.8 Å². The van der Waals surface area contributed by atoms with Gasteiger partial charge in [-0.2, -0.15) is 5.26 Å². The van der Waals surface area contributed by atoms with E-state index >= 15 is 0 Å². The molecule has 0 amide bonds. The van der Waals surface area contributed by atoms with Crippen LogP contribution in [0, 0.1) is 32.1 Å². The number of nitriles is 1. The van der Waals surface area contributed by atoms with Crippen LogP contribution in [0.15, 0.2) is 29.6 Å². The zero-order valence-electron chi connectivity index (χ0n) is 11.3. The Kier molecular flexibility index (Phi) is 3.73. The van der Waals surface area contributed by atoms with Gasteiger partial charge >= 0.3 is 0 Å². The zero-order valence-corrected chi connectivity index (χ0v) is 12.1. The van der Waals surface area contributed by atoms with Crippen LogP contribution in [-0.2, 0) is 0 Å². The van der Waals surface area contributed by atoms with Crippen LogP contribution in [0.25, 0.3) is 11.3 Å². The number of allylic oxidation sites excluding steroid dienone is 1. The van der Waals surface area contributed by atoms with Gasteiger partial charge in [-0.3, -0.25) is 0 Å². The third-order valence-corrected chi connectivity index (χ3v) is 3.98. The Bertz CT molecular complexity index is 650. The Balaban J connectivity index is 2.67. The maximum atomic E-state index is 9.38. The number of benzene rings is 1. The van der Waals surface area contributed by atoms with Gasteiger partial charge in [0, 0.05) is 10.4 Å². The van der Waals surface area contributed by atoms with Gasteiger partial charge in [0.2, 0.25) is 0 Å². The second-order valence-corrected chi connectivity index (χ2v) is 5.60. The van der Waals surface area contributed by atoms with E-state index in [2.05, 4.69) is 25.1 Å². The molecule has 19 heavy (non-hydrogen) atoms. The van der Waals surface area contributed by atoms with Crippen LogP contribution in [0.2, 0.25) is 0 Å². The molecule has 2 nitrogen and oxygen atoms in total. The minimum atomic E-state index is 0.560. The fourth-order valence-corrected chi connectivity index (χ4v) is 3.13. The fraction of sp³-hybridized carbons (Fsp3) is 0.188. The van der Waals surface area contributed by atoms with E-state index in [0.717, 1.165) is 21.6 Å². The first-order chi connectivity index (χ1) is 9.04. The lowest BCUT2D eigenvalue weighted by molar-refractivity contribution is 1.28. The molecule has 2 rings (SSSR count). The highest BCUT2D eigenvalue weighted by Gasteiger charge is 2.13. The fourth-order valence-electron chi connectivity index (χ4n) is 2.40. The number of hydrogen-bond acceptors (Lipinski definition) is 3. The lowest BCUT2D eigenvalue weighted by Crippen LogP contribution is -2.04. The molecular weight excluding hydrogens is 252 g/mol. The van der Waals surface area contributed by atoms with Gasteiger partial charge in [-0.1, -0.05) is 23.8 Å². The highest BCUT2D eigenvalue weighted by atomic mass is 32.1. The molecule has 0 fully saturated rings. The van der Waals surface area contributed by atoms with Gasteiger partial charge in [0.15, 0.2) is 0 Å². The summed E-state index contributed by atoms with van der Waals surface area (Å²) in [4.78, 5) is 0.916. The van der Waals surface area contributed by atoms with Crippen molar-refractivity contribution in [1.29, 1.82) is 5.26 Å². The maximum Gasteiger partial charge on any atom is 0.103 e. The smallest absolute Gasteiger partial charge is 0.103 e. The van der Waals surface area contributed by atoms with Gasteiger partial charge in [-0.25, -0.2) is 0 Å². The lowest BCUT2D eigenvalue weighted by atomic mass is 9.95. The average molecular weight is 268 g/mol. The Hall–Kier alpha value is -2.05. The number of nitrogens with zero attached hydrogens (tertiary/aromatic N) is 1. The number of thiophene rings is 1. The Labute approximate surface area is 117 Å². The normalized spacial score (nSPS) is 11.9. The third kappa shape index (κ3) is 2.54. The van der Waals surface area contributed by atoms with Gasteiger partial charge < -0.3 is 5.73 Å². The molecular formula is C16H16N2S. The van der Waals surface area contributed by atoms with E-state index in [4.69, 9.17) is 5.73 Å². The molecule has 96 valence electrons. The van der Waals surface area contributed by atoms with Crippen molar-refractivity contribution in [1.82, 2.24) is 0 Å². The molecule has 2 aromatic rings. The molecule has 0 atom stereocenters. The molecule has 0 aliphatic carbocycles. The van der Waals surface area contributed by atoms with Gasteiger partial charge in [0.05, 0.1) is 11.3 Å². The van der Waals surface area contributed by atoms with E-state index in [-0.39, 0.29) is 0 Å². The van der Waals surface area contributed by atoms with E-state index in [9.17, 15) is 5.26 Å². The number of aryl methyl sites for hydroxylation is 3. The second kappa shape index (κ2) is 5.29. The molecule has 1 heterocycles. The molecule has 0 saturated carbocycles. The van der Waals surface area contributed by atoms with Crippen molar-refractivity contribution >= 4 is 22.6 Å². The number of rotatable bonds is 2. The van der Waals surface area contributed by atoms with E-state index in [1.165, 1.54) is 16.9 Å². The summed E-state index contributed by atoms with van der Waals surface area (Å²) in [5, 5.41) is 11.3. The van der Waals surface area contributed by atoms with Gasteiger partial charge in [0.1, 0.15) is 6.07 Å². The van der Waals surface area contributed by atoms with Crippen molar-refractivity contribution in [2.24, 2.45) is 5.73 Å². The molecule has 0 bridgehead atoms. The van der Waals surface area contributed by atoms with Crippen LogP contribution in [-0.4, -0.2) is 0 Å². The SMILES string of the molecule is Cc1cc(C)c(/C(N)=C(/C#N)c2cccs2)c(C)c1. The largest absolute Gasteiger partial charge is 0.397 e. The highest BCUT2D eigenvalue weighted by Crippen LogP contribution is 2.29. The summed E-state index contributed by atoms with van der Waals surface area (Å²) in [6.45, 7) is 6.13. The Morgan fingerprint density at radius 3 is 2.32 bits per heavy atom. The number of nitrogens with two attached hydrogens (primary N) is 1. The van der Waals surface area contributed by atoms with E-state index in [0.29, 0.717) is 11.3 Å². The summed E-state index contributed by atoms with van der Waals surface area (Å²) in [5.41, 5.74) is 11.8. The van der Waals surface area contributed by atoms with Crippen LogP contribution in [0.4, 0.5) is 0 Å². The molecule has 0 aliphatic heterocycles. The molecule has 1 aromatic heterocycles. The van der Waals surface area contributed by atoms with Crippen molar-refractivity contribution in [2.45, 2.75) is 20.8 Å². The quantitative estimate of drug-likeness (QED) is 0.836. The average Bonchev–Trinajstić information content (AvgIpc) is 2.82. The first-order valence-corrected chi connectivity index (χ1v) is 6.94. The summed E-state index contributed by atoms with van der Waals surface area (Å²) < 4.78 is 0. The predicted molar refractivity (Wildman–Crippen MR) is 81.6 cm³/mol. The van der Waals surface area contributed by atoms with E-state index in [1.54, 1.807) is 0 Å². The Morgan fingerprint density at radius 2 is 1.84 bits per heavy atom. The molecule has 0 aliphatic rings. The predicted octanol–water partition coefficient (Wildman–Crippen LogP) is 4.02. The minimum absolute atomic E-state index is 0.560.